The first-order valence-electron chi connectivity index (χ1n) is 12.7. The van der Waals surface area contributed by atoms with Gasteiger partial charge in [-0.15, -0.1) is 0 Å². The molecule has 2 heteroatoms. The van der Waals surface area contributed by atoms with Gasteiger partial charge in [0.2, 0.25) is 0 Å². The van der Waals surface area contributed by atoms with Crippen LogP contribution in [0.3, 0.4) is 0 Å². The number of allylic oxidation sites excluding steroid dienone is 4. The van der Waals surface area contributed by atoms with Crippen LogP contribution < -0.4 is 4.74 Å². The number of hydrogen-bond acceptors (Lipinski definition) is 2. The van der Waals surface area contributed by atoms with Crippen LogP contribution in [0.1, 0.15) is 22.3 Å². The molecule has 0 aliphatic heterocycles. The lowest BCUT2D eigenvalue weighted by molar-refractivity contribution is -0.108. The third-order valence-corrected chi connectivity index (χ3v) is 6.99. The quantitative estimate of drug-likeness (QED) is 0.239. The van der Waals surface area contributed by atoms with Gasteiger partial charge in [0.1, 0.15) is 5.75 Å². The van der Waals surface area contributed by atoms with E-state index in [2.05, 4.69) is 36.4 Å². The molecule has 0 spiro atoms. The molecule has 1 aliphatic carbocycles. The molecule has 5 aromatic carbocycles. The molecule has 0 atom stereocenters. The number of carbonyl (C=O) groups is 1. The molecule has 0 radical (unpaired) electrons. The average Bonchev–Trinajstić information content (AvgIpc) is 3.31. The summed E-state index contributed by atoms with van der Waals surface area (Å²) in [5, 5.41) is 0. The Balaban J connectivity index is 1.61. The summed E-state index contributed by atoms with van der Waals surface area (Å²) in [6.07, 6.45) is 0. The van der Waals surface area contributed by atoms with Gasteiger partial charge in [-0.05, 0) is 45.5 Å². The van der Waals surface area contributed by atoms with Crippen LogP contribution in [0.2, 0.25) is 0 Å². The summed E-state index contributed by atoms with van der Waals surface area (Å²) in [7, 11) is 1.66. The van der Waals surface area contributed by atoms with Crippen molar-refractivity contribution in [3.63, 3.8) is 0 Å². The monoisotopic (exact) mass is 490 g/mol. The molecule has 0 saturated carbocycles. The fourth-order valence-electron chi connectivity index (χ4n) is 5.16. The number of ether oxygens (including phenoxy) is 1. The van der Waals surface area contributed by atoms with Crippen LogP contribution in [-0.2, 0) is 4.79 Å². The first-order chi connectivity index (χ1) is 18.7. The average molecular weight is 491 g/mol. The molecule has 0 saturated heterocycles. The minimum atomic E-state index is 0.0374. The van der Waals surface area contributed by atoms with Gasteiger partial charge in [-0.3, -0.25) is 4.79 Å². The first kappa shape index (κ1) is 23.4. The topological polar surface area (TPSA) is 26.3 Å². The van der Waals surface area contributed by atoms with E-state index >= 15 is 0 Å². The van der Waals surface area contributed by atoms with Crippen LogP contribution in [0, 0.1) is 0 Å². The Hall–Kier alpha value is -4.95. The molecule has 38 heavy (non-hydrogen) atoms. The molecule has 182 valence electrons. The second-order valence-electron chi connectivity index (χ2n) is 9.23. The zero-order valence-electron chi connectivity index (χ0n) is 21.1. The zero-order chi connectivity index (χ0) is 25.9. The predicted molar refractivity (Wildman–Crippen MR) is 156 cm³/mol. The van der Waals surface area contributed by atoms with Gasteiger partial charge >= 0.3 is 0 Å². The molecule has 2 nitrogen and oxygen atoms in total. The molecular formula is C36H26O2. The largest absolute Gasteiger partial charge is 0.497 e. The molecule has 0 fully saturated rings. The maximum absolute atomic E-state index is 14.3. The van der Waals surface area contributed by atoms with Crippen LogP contribution in [0.4, 0.5) is 0 Å². The van der Waals surface area contributed by atoms with E-state index in [-0.39, 0.29) is 5.78 Å². The van der Waals surface area contributed by atoms with Crippen molar-refractivity contribution < 1.29 is 9.53 Å². The highest BCUT2D eigenvalue weighted by molar-refractivity contribution is 6.59. The van der Waals surface area contributed by atoms with E-state index in [9.17, 15) is 4.79 Å². The lowest BCUT2D eigenvalue weighted by atomic mass is 9.88. The standard InChI is InChI=1S/C36H26O2/c1-38-31-23-21-30(22-24-31)33-32(29-19-17-26(18-20-29)25-11-5-2-6-12-25)34(27-13-7-3-8-14-27)36(37)35(33)28-15-9-4-10-16-28/h2-24H,1H3. The van der Waals surface area contributed by atoms with E-state index in [0.717, 1.165) is 61.4 Å². The molecule has 5 aromatic rings. The van der Waals surface area contributed by atoms with Crippen molar-refractivity contribution in [2.75, 3.05) is 7.11 Å². The minimum absolute atomic E-state index is 0.0374. The van der Waals surface area contributed by atoms with E-state index in [0.29, 0.717) is 0 Å². The Morgan fingerprint density at radius 3 is 1.11 bits per heavy atom. The highest BCUT2D eigenvalue weighted by Crippen LogP contribution is 2.50. The number of methoxy groups -OCH3 is 1. The Morgan fingerprint density at radius 1 is 0.368 bits per heavy atom. The molecule has 0 N–H and O–H groups in total. The molecular weight excluding hydrogens is 464 g/mol. The van der Waals surface area contributed by atoms with Gasteiger partial charge in [0.25, 0.3) is 0 Å². The number of benzene rings is 5. The van der Waals surface area contributed by atoms with Crippen LogP contribution in [0.5, 0.6) is 5.75 Å². The molecule has 0 heterocycles. The SMILES string of the molecule is COc1ccc(C2=C(c3ccccc3)C(=O)C(c3ccccc3)=C2c2ccc(-c3ccccc3)cc2)cc1. The number of ketones is 1. The Kier molecular flexibility index (Phi) is 6.29. The lowest BCUT2D eigenvalue weighted by Gasteiger charge is -2.15. The maximum Gasteiger partial charge on any atom is 0.195 e. The summed E-state index contributed by atoms with van der Waals surface area (Å²) in [6.45, 7) is 0. The summed E-state index contributed by atoms with van der Waals surface area (Å²) in [5.74, 6) is 0.816. The fourth-order valence-corrected chi connectivity index (χ4v) is 5.16. The van der Waals surface area contributed by atoms with E-state index in [4.69, 9.17) is 4.74 Å². The van der Waals surface area contributed by atoms with E-state index < -0.39 is 0 Å². The number of Topliss-reactive ketones (excluding diaryl/α,β-unsaturated/α-hetero) is 1. The van der Waals surface area contributed by atoms with Crippen molar-refractivity contribution in [1.29, 1.82) is 0 Å². The summed E-state index contributed by atoms with van der Waals surface area (Å²) in [6, 6.07) is 46.8. The summed E-state index contributed by atoms with van der Waals surface area (Å²) in [4.78, 5) is 14.3. The predicted octanol–water partition coefficient (Wildman–Crippen LogP) is 8.47. The minimum Gasteiger partial charge on any atom is -0.497 e. The van der Waals surface area contributed by atoms with Gasteiger partial charge in [0.05, 0.1) is 7.11 Å². The third-order valence-electron chi connectivity index (χ3n) is 6.99. The van der Waals surface area contributed by atoms with Gasteiger partial charge in [-0.1, -0.05) is 127 Å². The van der Waals surface area contributed by atoms with Crippen molar-refractivity contribution in [2.45, 2.75) is 0 Å². The normalized spacial score (nSPS) is 13.2. The van der Waals surface area contributed by atoms with E-state index in [1.54, 1.807) is 7.11 Å². The Morgan fingerprint density at radius 2 is 0.684 bits per heavy atom. The second-order valence-corrected chi connectivity index (χ2v) is 9.23. The van der Waals surface area contributed by atoms with Gasteiger partial charge in [-0.25, -0.2) is 0 Å². The highest BCUT2D eigenvalue weighted by Gasteiger charge is 2.35. The number of hydrogen-bond donors (Lipinski definition) is 0. The molecule has 0 aromatic heterocycles. The summed E-state index contributed by atoms with van der Waals surface area (Å²) in [5.41, 5.74) is 9.44. The Bertz CT molecular complexity index is 1640. The van der Waals surface area contributed by atoms with Crippen LogP contribution >= 0.6 is 0 Å². The third kappa shape index (κ3) is 4.27. The fraction of sp³-hybridized carbons (Fsp3) is 0.0278. The van der Waals surface area contributed by atoms with Gasteiger partial charge in [0, 0.05) is 22.3 Å². The van der Waals surface area contributed by atoms with Crippen molar-refractivity contribution in [3.05, 3.63) is 162 Å². The molecule has 6 rings (SSSR count). The van der Waals surface area contributed by atoms with Crippen molar-refractivity contribution in [3.8, 4) is 16.9 Å². The maximum atomic E-state index is 14.3. The molecule has 0 amide bonds. The molecule has 0 bridgehead atoms. The van der Waals surface area contributed by atoms with Crippen LogP contribution in [-0.4, -0.2) is 12.9 Å². The first-order valence-corrected chi connectivity index (χ1v) is 12.7. The highest BCUT2D eigenvalue weighted by atomic mass is 16.5. The summed E-state index contributed by atoms with van der Waals surface area (Å²) >= 11 is 0. The smallest absolute Gasteiger partial charge is 0.195 e. The van der Waals surface area contributed by atoms with Crippen molar-refractivity contribution in [1.82, 2.24) is 0 Å². The van der Waals surface area contributed by atoms with Crippen LogP contribution in [0.25, 0.3) is 33.4 Å². The van der Waals surface area contributed by atoms with Gasteiger partial charge in [0.15, 0.2) is 5.78 Å². The lowest BCUT2D eigenvalue weighted by Crippen LogP contribution is -2.01. The zero-order valence-corrected chi connectivity index (χ0v) is 21.1. The molecule has 0 unspecified atom stereocenters. The van der Waals surface area contributed by atoms with E-state index in [1.165, 1.54) is 0 Å². The second kappa shape index (κ2) is 10.2. The van der Waals surface area contributed by atoms with E-state index in [1.807, 2.05) is 103 Å². The number of carbonyl (C=O) groups excluding carboxylic acids is 1. The summed E-state index contributed by atoms with van der Waals surface area (Å²) < 4.78 is 5.43. The van der Waals surface area contributed by atoms with Crippen molar-refractivity contribution in [2.24, 2.45) is 0 Å². The van der Waals surface area contributed by atoms with Crippen LogP contribution in [0.15, 0.2) is 140 Å². The number of rotatable bonds is 6. The molecule has 1 aliphatic rings. The van der Waals surface area contributed by atoms with Crippen molar-refractivity contribution >= 4 is 28.1 Å². The van der Waals surface area contributed by atoms with Gasteiger partial charge in [-0.2, -0.15) is 0 Å². The Labute approximate surface area is 223 Å². The van der Waals surface area contributed by atoms with Gasteiger partial charge < -0.3 is 4.74 Å².